The molecule has 0 saturated heterocycles. The molecule has 0 amide bonds. The Labute approximate surface area is 123 Å². The minimum absolute atomic E-state index is 0.561. The summed E-state index contributed by atoms with van der Waals surface area (Å²) in [5.74, 6) is 0. The molecule has 0 unspecified atom stereocenters. The van der Waals surface area contributed by atoms with Gasteiger partial charge in [0.1, 0.15) is 0 Å². The van der Waals surface area contributed by atoms with Crippen molar-refractivity contribution in [1.82, 2.24) is 15.1 Å². The maximum atomic E-state index is 4.41. The van der Waals surface area contributed by atoms with E-state index in [1.807, 2.05) is 23.0 Å². The van der Waals surface area contributed by atoms with Crippen molar-refractivity contribution in [3.05, 3.63) is 46.7 Å². The monoisotopic (exact) mass is 321 g/mol. The van der Waals surface area contributed by atoms with E-state index in [4.69, 9.17) is 0 Å². The lowest BCUT2D eigenvalue weighted by Crippen LogP contribution is -2.23. The number of benzene rings is 1. The van der Waals surface area contributed by atoms with Gasteiger partial charge in [-0.05, 0) is 49.2 Å². The van der Waals surface area contributed by atoms with E-state index in [1.165, 1.54) is 5.56 Å². The normalized spacial score (nSPS) is 11.2. The lowest BCUT2D eigenvalue weighted by Gasteiger charge is -2.06. The summed E-state index contributed by atoms with van der Waals surface area (Å²) in [5, 5.41) is 7.84. The summed E-state index contributed by atoms with van der Waals surface area (Å²) in [6, 6.07) is 8.74. The zero-order chi connectivity index (χ0) is 13.7. The third-order valence-electron chi connectivity index (χ3n) is 2.92. The Morgan fingerprint density at radius 1 is 1.26 bits per heavy atom. The van der Waals surface area contributed by atoms with Crippen LogP contribution in [0, 0.1) is 0 Å². The molecule has 0 atom stereocenters. The first kappa shape index (κ1) is 14.3. The second-order valence-electron chi connectivity index (χ2n) is 4.98. The largest absolute Gasteiger partial charge is 0.315 e. The molecule has 0 radical (unpaired) electrons. The van der Waals surface area contributed by atoms with Gasteiger partial charge in [-0.3, -0.25) is 0 Å². The molecule has 19 heavy (non-hydrogen) atoms. The molecule has 0 spiro atoms. The fourth-order valence-corrected chi connectivity index (χ4v) is 2.17. The van der Waals surface area contributed by atoms with Crippen LogP contribution >= 0.6 is 15.9 Å². The van der Waals surface area contributed by atoms with Crippen molar-refractivity contribution in [3.8, 4) is 5.69 Å². The van der Waals surface area contributed by atoms with E-state index < -0.39 is 0 Å². The number of nitrogens with one attached hydrogen (secondary N) is 1. The lowest BCUT2D eigenvalue weighted by molar-refractivity contribution is 0.570. The molecule has 0 aliphatic carbocycles. The van der Waals surface area contributed by atoms with Gasteiger partial charge in [0.15, 0.2) is 0 Å². The summed E-state index contributed by atoms with van der Waals surface area (Å²) in [7, 11) is 0. The standard InChI is InChI=1S/C15H20BrN3/c1-12(2)17-9-3-4-13-10-18-19(11-13)15-7-5-14(16)6-8-15/h5-8,10-12,17H,3-4,9H2,1-2H3. The molecule has 0 fully saturated rings. The van der Waals surface area contributed by atoms with Gasteiger partial charge in [-0.25, -0.2) is 4.68 Å². The number of aryl methyl sites for hydroxylation is 1. The van der Waals surface area contributed by atoms with Crippen LogP contribution < -0.4 is 5.32 Å². The molecule has 0 aliphatic heterocycles. The number of rotatable bonds is 6. The molecular formula is C15H20BrN3. The first-order chi connectivity index (χ1) is 9.15. The zero-order valence-corrected chi connectivity index (χ0v) is 13.0. The Morgan fingerprint density at radius 2 is 2.00 bits per heavy atom. The van der Waals surface area contributed by atoms with Gasteiger partial charge in [-0.2, -0.15) is 5.10 Å². The van der Waals surface area contributed by atoms with Crippen LogP contribution in [0.3, 0.4) is 0 Å². The van der Waals surface area contributed by atoms with Crippen molar-refractivity contribution in [2.45, 2.75) is 32.7 Å². The number of hydrogen-bond donors (Lipinski definition) is 1. The van der Waals surface area contributed by atoms with Crippen molar-refractivity contribution < 1.29 is 0 Å². The molecule has 2 aromatic rings. The van der Waals surface area contributed by atoms with Crippen LogP contribution in [0.15, 0.2) is 41.1 Å². The van der Waals surface area contributed by atoms with Crippen LogP contribution in [-0.4, -0.2) is 22.4 Å². The zero-order valence-electron chi connectivity index (χ0n) is 11.4. The highest BCUT2D eigenvalue weighted by molar-refractivity contribution is 9.10. The van der Waals surface area contributed by atoms with E-state index in [0.717, 1.165) is 29.5 Å². The van der Waals surface area contributed by atoms with E-state index in [9.17, 15) is 0 Å². The van der Waals surface area contributed by atoms with Crippen molar-refractivity contribution in [2.75, 3.05) is 6.54 Å². The van der Waals surface area contributed by atoms with Crippen LogP contribution in [0.2, 0.25) is 0 Å². The van der Waals surface area contributed by atoms with Crippen molar-refractivity contribution in [2.24, 2.45) is 0 Å². The maximum Gasteiger partial charge on any atom is 0.0646 e. The summed E-state index contributed by atoms with van der Waals surface area (Å²) in [6.45, 7) is 5.40. The van der Waals surface area contributed by atoms with Gasteiger partial charge >= 0.3 is 0 Å². The highest BCUT2D eigenvalue weighted by atomic mass is 79.9. The summed E-state index contributed by atoms with van der Waals surface area (Å²) >= 11 is 3.44. The van der Waals surface area contributed by atoms with Gasteiger partial charge in [-0.15, -0.1) is 0 Å². The predicted octanol–water partition coefficient (Wildman–Crippen LogP) is 3.57. The second kappa shape index (κ2) is 6.87. The minimum atomic E-state index is 0.561. The number of aromatic nitrogens is 2. The summed E-state index contributed by atoms with van der Waals surface area (Å²) in [6.07, 6.45) is 6.27. The van der Waals surface area contributed by atoms with E-state index in [0.29, 0.717) is 6.04 Å². The molecule has 3 nitrogen and oxygen atoms in total. The fourth-order valence-electron chi connectivity index (χ4n) is 1.91. The Kier molecular flexibility index (Phi) is 5.16. The van der Waals surface area contributed by atoms with Crippen molar-refractivity contribution in [3.63, 3.8) is 0 Å². The Morgan fingerprint density at radius 3 is 2.68 bits per heavy atom. The molecule has 4 heteroatoms. The van der Waals surface area contributed by atoms with Gasteiger partial charge in [0.05, 0.1) is 11.9 Å². The highest BCUT2D eigenvalue weighted by Crippen LogP contribution is 2.14. The smallest absolute Gasteiger partial charge is 0.0646 e. The third-order valence-corrected chi connectivity index (χ3v) is 3.45. The van der Waals surface area contributed by atoms with Crippen LogP contribution in [0.1, 0.15) is 25.8 Å². The summed E-state index contributed by atoms with van der Waals surface area (Å²) in [4.78, 5) is 0. The van der Waals surface area contributed by atoms with Crippen LogP contribution in [0.4, 0.5) is 0 Å². The van der Waals surface area contributed by atoms with E-state index >= 15 is 0 Å². The summed E-state index contributed by atoms with van der Waals surface area (Å²) < 4.78 is 3.01. The second-order valence-corrected chi connectivity index (χ2v) is 5.90. The van der Waals surface area contributed by atoms with E-state index in [2.05, 4.69) is 58.5 Å². The quantitative estimate of drug-likeness (QED) is 0.824. The molecule has 0 bridgehead atoms. The molecule has 0 saturated carbocycles. The lowest BCUT2D eigenvalue weighted by atomic mass is 10.2. The molecular weight excluding hydrogens is 302 g/mol. The molecule has 1 heterocycles. The highest BCUT2D eigenvalue weighted by Gasteiger charge is 2.01. The van der Waals surface area contributed by atoms with Crippen molar-refractivity contribution in [1.29, 1.82) is 0 Å². The molecule has 0 aliphatic rings. The Bertz CT molecular complexity index is 502. The average molecular weight is 322 g/mol. The molecule has 1 N–H and O–H groups in total. The molecule has 1 aromatic carbocycles. The third kappa shape index (κ3) is 4.48. The molecule has 1 aromatic heterocycles. The first-order valence-electron chi connectivity index (χ1n) is 6.68. The van der Waals surface area contributed by atoms with Gasteiger partial charge in [0.25, 0.3) is 0 Å². The van der Waals surface area contributed by atoms with Gasteiger partial charge in [-0.1, -0.05) is 29.8 Å². The van der Waals surface area contributed by atoms with Gasteiger partial charge in [0, 0.05) is 16.7 Å². The minimum Gasteiger partial charge on any atom is -0.315 e. The molecule has 2 rings (SSSR count). The number of halogens is 1. The van der Waals surface area contributed by atoms with Crippen molar-refractivity contribution >= 4 is 15.9 Å². The summed E-state index contributed by atoms with van der Waals surface area (Å²) in [5.41, 5.74) is 2.38. The molecule has 102 valence electrons. The number of nitrogens with zero attached hydrogens (tertiary/aromatic N) is 2. The fraction of sp³-hybridized carbons (Fsp3) is 0.400. The van der Waals surface area contributed by atoms with Gasteiger partial charge < -0.3 is 5.32 Å². The topological polar surface area (TPSA) is 29.9 Å². The average Bonchev–Trinajstić information content (AvgIpc) is 2.84. The van der Waals surface area contributed by atoms with Crippen LogP contribution in [-0.2, 0) is 6.42 Å². The predicted molar refractivity (Wildman–Crippen MR) is 82.7 cm³/mol. The Hall–Kier alpha value is -1.13. The van der Waals surface area contributed by atoms with E-state index in [1.54, 1.807) is 0 Å². The Balaban J connectivity index is 1.90. The van der Waals surface area contributed by atoms with E-state index in [-0.39, 0.29) is 0 Å². The van der Waals surface area contributed by atoms with Crippen LogP contribution in [0.25, 0.3) is 5.69 Å². The van der Waals surface area contributed by atoms with Crippen LogP contribution in [0.5, 0.6) is 0 Å². The number of hydrogen-bond acceptors (Lipinski definition) is 2. The SMILES string of the molecule is CC(C)NCCCc1cnn(-c2ccc(Br)cc2)c1. The maximum absolute atomic E-state index is 4.41. The first-order valence-corrected chi connectivity index (χ1v) is 7.47. The van der Waals surface area contributed by atoms with Gasteiger partial charge in [0.2, 0.25) is 0 Å².